The van der Waals surface area contributed by atoms with Gasteiger partial charge in [-0.3, -0.25) is 4.79 Å². The summed E-state index contributed by atoms with van der Waals surface area (Å²) in [4.78, 5) is 11.4. The van der Waals surface area contributed by atoms with Gasteiger partial charge in [0.05, 0.1) is 12.2 Å². The topological polar surface area (TPSA) is 70.1 Å². The molecule has 1 heterocycles. The average Bonchev–Trinajstić information content (AvgIpc) is 2.75. The molecular weight excluding hydrogens is 266 g/mol. The van der Waals surface area contributed by atoms with E-state index in [1.165, 1.54) is 0 Å². The van der Waals surface area contributed by atoms with Gasteiger partial charge in [0.25, 0.3) is 0 Å². The van der Waals surface area contributed by atoms with Crippen LogP contribution in [0.15, 0.2) is 24.3 Å². The van der Waals surface area contributed by atoms with E-state index in [4.69, 9.17) is 10.5 Å². The third-order valence-electron chi connectivity index (χ3n) is 3.13. The number of carbonyl (C=O) groups excluding carboxylic acids is 1. The minimum Gasteiger partial charge on any atom is -0.493 e. The number of anilines is 1. The fraction of sp³-hybridized carbons (Fsp3) is 0.375. The molecule has 2 rings (SSSR count). The summed E-state index contributed by atoms with van der Waals surface area (Å²) in [5.41, 5.74) is 7.84. The van der Waals surface area contributed by atoms with Crippen molar-refractivity contribution in [2.24, 2.45) is 5.92 Å². The maximum atomic E-state index is 11.4. The van der Waals surface area contributed by atoms with Crippen molar-refractivity contribution in [3.8, 4) is 17.0 Å². The number of rotatable bonds is 6. The quantitative estimate of drug-likeness (QED) is 0.829. The molecule has 0 bridgehead atoms. The van der Waals surface area contributed by atoms with Crippen LogP contribution in [-0.2, 0) is 6.54 Å². The smallest absolute Gasteiger partial charge is 0.156 e. The van der Waals surface area contributed by atoms with E-state index in [9.17, 15) is 4.79 Å². The summed E-state index contributed by atoms with van der Waals surface area (Å²) in [7, 11) is 0. The highest BCUT2D eigenvalue weighted by Gasteiger charge is 2.19. The Morgan fingerprint density at radius 2 is 2.10 bits per heavy atom. The van der Waals surface area contributed by atoms with E-state index < -0.39 is 0 Å². The number of nitrogens with two attached hydrogens (primary N) is 1. The number of benzene rings is 1. The van der Waals surface area contributed by atoms with Crippen LogP contribution in [-0.4, -0.2) is 22.7 Å². The number of nitrogen functional groups attached to an aromatic ring is 1. The first-order valence-electron chi connectivity index (χ1n) is 7.12. The Kier molecular flexibility index (Phi) is 4.62. The summed E-state index contributed by atoms with van der Waals surface area (Å²) in [6, 6.07) is 7.54. The molecule has 2 N–H and O–H groups in total. The molecule has 0 amide bonds. The standard InChI is InChI=1S/C16H21N3O2/c1-4-21-14-8-6-5-7-12(14)15-13(10-20)16(17)19(18-15)9-11(2)3/h5-8,10-11H,4,9,17H2,1-3H3. The number of ether oxygens (including phenoxy) is 1. The molecule has 5 heteroatoms. The van der Waals surface area contributed by atoms with Crippen LogP contribution in [0.5, 0.6) is 5.75 Å². The Balaban J connectivity index is 2.56. The second kappa shape index (κ2) is 6.43. The minimum absolute atomic E-state index is 0.390. The van der Waals surface area contributed by atoms with Crippen molar-refractivity contribution in [3.63, 3.8) is 0 Å². The molecule has 21 heavy (non-hydrogen) atoms. The van der Waals surface area contributed by atoms with Crippen LogP contribution in [0.4, 0.5) is 5.82 Å². The van der Waals surface area contributed by atoms with Crippen LogP contribution in [0.2, 0.25) is 0 Å². The molecule has 2 aromatic rings. The van der Waals surface area contributed by atoms with Crippen LogP contribution in [0, 0.1) is 5.92 Å². The summed E-state index contributed by atoms with van der Waals surface area (Å²) in [6.07, 6.45) is 0.761. The van der Waals surface area contributed by atoms with Crippen LogP contribution >= 0.6 is 0 Å². The molecule has 1 aromatic heterocycles. The molecule has 0 aliphatic heterocycles. The Morgan fingerprint density at radius 1 is 1.38 bits per heavy atom. The van der Waals surface area contributed by atoms with E-state index >= 15 is 0 Å². The van der Waals surface area contributed by atoms with E-state index in [0.29, 0.717) is 41.9 Å². The number of para-hydroxylation sites is 1. The highest BCUT2D eigenvalue weighted by atomic mass is 16.5. The summed E-state index contributed by atoms with van der Waals surface area (Å²) in [5.74, 6) is 1.50. The van der Waals surface area contributed by atoms with Gasteiger partial charge in [-0.25, -0.2) is 4.68 Å². The van der Waals surface area contributed by atoms with Gasteiger partial charge in [-0.05, 0) is 25.0 Å². The molecule has 0 fully saturated rings. The van der Waals surface area contributed by atoms with Crippen molar-refractivity contribution in [1.29, 1.82) is 0 Å². The normalized spacial score (nSPS) is 10.9. The van der Waals surface area contributed by atoms with Crippen molar-refractivity contribution in [2.45, 2.75) is 27.3 Å². The third kappa shape index (κ3) is 3.07. The number of nitrogens with zero attached hydrogens (tertiary/aromatic N) is 2. The second-order valence-electron chi connectivity index (χ2n) is 5.27. The average molecular weight is 287 g/mol. The second-order valence-corrected chi connectivity index (χ2v) is 5.27. The van der Waals surface area contributed by atoms with Gasteiger partial charge in [0.1, 0.15) is 17.3 Å². The van der Waals surface area contributed by atoms with E-state index in [1.807, 2.05) is 31.2 Å². The minimum atomic E-state index is 0.390. The van der Waals surface area contributed by atoms with Crippen molar-refractivity contribution in [3.05, 3.63) is 29.8 Å². The summed E-state index contributed by atoms with van der Waals surface area (Å²) in [6.45, 7) is 7.30. The van der Waals surface area contributed by atoms with E-state index in [2.05, 4.69) is 18.9 Å². The van der Waals surface area contributed by atoms with Gasteiger partial charge >= 0.3 is 0 Å². The maximum absolute atomic E-state index is 11.4. The number of hydrogen-bond acceptors (Lipinski definition) is 4. The van der Waals surface area contributed by atoms with Gasteiger partial charge in [-0.1, -0.05) is 26.0 Å². The molecule has 0 spiro atoms. The summed E-state index contributed by atoms with van der Waals surface area (Å²) < 4.78 is 7.30. The first-order valence-corrected chi connectivity index (χ1v) is 7.12. The largest absolute Gasteiger partial charge is 0.493 e. The van der Waals surface area contributed by atoms with E-state index in [1.54, 1.807) is 4.68 Å². The van der Waals surface area contributed by atoms with Crippen molar-refractivity contribution in [1.82, 2.24) is 9.78 Å². The third-order valence-corrected chi connectivity index (χ3v) is 3.13. The highest BCUT2D eigenvalue weighted by molar-refractivity contribution is 5.92. The van der Waals surface area contributed by atoms with Gasteiger partial charge in [-0.15, -0.1) is 0 Å². The molecule has 0 radical (unpaired) electrons. The lowest BCUT2D eigenvalue weighted by Crippen LogP contribution is -2.09. The Morgan fingerprint density at radius 3 is 2.71 bits per heavy atom. The fourth-order valence-corrected chi connectivity index (χ4v) is 2.23. The Hall–Kier alpha value is -2.30. The lowest BCUT2D eigenvalue weighted by Gasteiger charge is -2.08. The number of aromatic nitrogens is 2. The maximum Gasteiger partial charge on any atom is 0.156 e. The van der Waals surface area contributed by atoms with Crippen molar-refractivity contribution < 1.29 is 9.53 Å². The zero-order valence-electron chi connectivity index (χ0n) is 12.7. The molecule has 112 valence electrons. The molecule has 0 saturated heterocycles. The Labute approximate surface area is 124 Å². The molecule has 5 nitrogen and oxygen atoms in total. The van der Waals surface area contributed by atoms with E-state index in [-0.39, 0.29) is 0 Å². The zero-order valence-corrected chi connectivity index (χ0v) is 12.7. The molecular formula is C16H21N3O2. The predicted molar refractivity (Wildman–Crippen MR) is 83.5 cm³/mol. The molecule has 0 aliphatic carbocycles. The molecule has 0 saturated carbocycles. The molecule has 0 aliphatic rings. The fourth-order valence-electron chi connectivity index (χ4n) is 2.23. The van der Waals surface area contributed by atoms with Crippen molar-refractivity contribution in [2.75, 3.05) is 12.3 Å². The van der Waals surface area contributed by atoms with Crippen LogP contribution in [0.1, 0.15) is 31.1 Å². The first-order chi connectivity index (χ1) is 10.1. The predicted octanol–water partition coefficient (Wildman–Crippen LogP) is 3.00. The van der Waals surface area contributed by atoms with Crippen LogP contribution in [0.3, 0.4) is 0 Å². The van der Waals surface area contributed by atoms with Gasteiger partial charge in [0, 0.05) is 12.1 Å². The first kappa shape index (κ1) is 15.1. The SMILES string of the molecule is CCOc1ccccc1-c1nn(CC(C)C)c(N)c1C=O. The van der Waals surface area contributed by atoms with E-state index in [0.717, 1.165) is 11.8 Å². The van der Waals surface area contributed by atoms with Crippen molar-refractivity contribution >= 4 is 12.1 Å². The van der Waals surface area contributed by atoms with Gasteiger partial charge in [0.2, 0.25) is 0 Å². The summed E-state index contributed by atoms with van der Waals surface area (Å²) >= 11 is 0. The number of hydrogen-bond donors (Lipinski definition) is 1. The van der Waals surface area contributed by atoms with Gasteiger partial charge in [0.15, 0.2) is 6.29 Å². The van der Waals surface area contributed by atoms with Crippen LogP contribution < -0.4 is 10.5 Å². The zero-order chi connectivity index (χ0) is 15.4. The van der Waals surface area contributed by atoms with Gasteiger partial charge in [-0.2, -0.15) is 5.10 Å². The van der Waals surface area contributed by atoms with Crippen LogP contribution in [0.25, 0.3) is 11.3 Å². The Bertz CT molecular complexity index is 632. The highest BCUT2D eigenvalue weighted by Crippen LogP contribution is 2.33. The monoisotopic (exact) mass is 287 g/mol. The lowest BCUT2D eigenvalue weighted by molar-refractivity contribution is 0.112. The summed E-state index contributed by atoms with van der Waals surface area (Å²) in [5, 5.41) is 4.51. The lowest BCUT2D eigenvalue weighted by atomic mass is 10.1. The molecule has 0 atom stereocenters. The number of aldehydes is 1. The van der Waals surface area contributed by atoms with Gasteiger partial charge < -0.3 is 10.5 Å². The number of carbonyl (C=O) groups is 1. The molecule has 1 aromatic carbocycles. The molecule has 0 unspecified atom stereocenters.